The second-order valence-corrected chi connectivity index (χ2v) is 12.4. The molecule has 12 heteroatoms. The lowest BCUT2D eigenvalue weighted by Crippen LogP contribution is -2.61. The van der Waals surface area contributed by atoms with E-state index in [1.54, 1.807) is 17.2 Å². The van der Waals surface area contributed by atoms with Crippen molar-refractivity contribution in [1.82, 2.24) is 19.2 Å². The van der Waals surface area contributed by atoms with Gasteiger partial charge in [0.25, 0.3) is 5.91 Å². The van der Waals surface area contributed by atoms with Crippen LogP contribution in [0.5, 0.6) is 5.75 Å². The summed E-state index contributed by atoms with van der Waals surface area (Å²) in [5.41, 5.74) is 2.96. The molecule has 5 rings (SSSR count). The number of halogens is 3. The SMILES string of the molecule is COc1cc(-c2cnc3cc(N4CCN(C(=O)OC(C)(C)C)C(C)(C)C4)ccn23)cc2c1C(=O)N(CC(F)(F)F)CC2. The Bertz CT molecular complexity index is 1510. The summed E-state index contributed by atoms with van der Waals surface area (Å²) in [4.78, 5) is 35.2. The number of imidazole rings is 1. The number of nitrogens with zero attached hydrogens (tertiary/aromatic N) is 5. The molecule has 0 spiro atoms. The molecule has 0 aliphatic carbocycles. The molecule has 2 aliphatic heterocycles. The number of piperazine rings is 1. The van der Waals surface area contributed by atoms with Gasteiger partial charge in [-0.1, -0.05) is 0 Å². The smallest absolute Gasteiger partial charge is 0.410 e. The Balaban J connectivity index is 1.39. The number of carbonyl (C=O) groups is 2. The molecule has 0 atom stereocenters. The normalized spacial score (nSPS) is 17.5. The number of benzene rings is 1. The zero-order chi connectivity index (χ0) is 30.6. The maximum absolute atomic E-state index is 13.0. The number of hydrogen-bond acceptors (Lipinski definition) is 6. The van der Waals surface area contributed by atoms with E-state index in [0.717, 1.165) is 21.8 Å². The van der Waals surface area contributed by atoms with E-state index in [9.17, 15) is 22.8 Å². The Morgan fingerprint density at radius 3 is 2.48 bits per heavy atom. The van der Waals surface area contributed by atoms with Crippen LogP contribution in [-0.4, -0.2) is 88.3 Å². The van der Waals surface area contributed by atoms with Crippen LogP contribution in [0.2, 0.25) is 0 Å². The van der Waals surface area contributed by atoms with Crippen molar-refractivity contribution in [2.24, 2.45) is 0 Å². The van der Waals surface area contributed by atoms with Gasteiger partial charge in [0, 0.05) is 49.7 Å². The molecule has 226 valence electrons. The number of fused-ring (bicyclic) bond motifs is 2. The molecule has 0 radical (unpaired) electrons. The molecule has 0 unspecified atom stereocenters. The highest BCUT2D eigenvalue weighted by Crippen LogP contribution is 2.36. The zero-order valence-electron chi connectivity index (χ0n) is 24.7. The van der Waals surface area contributed by atoms with E-state index in [0.29, 0.717) is 30.8 Å². The first-order valence-electron chi connectivity index (χ1n) is 13.9. The van der Waals surface area contributed by atoms with Crippen molar-refractivity contribution in [3.8, 4) is 17.0 Å². The summed E-state index contributed by atoms with van der Waals surface area (Å²) in [6.45, 7) is 10.0. The summed E-state index contributed by atoms with van der Waals surface area (Å²) >= 11 is 0. The highest BCUT2D eigenvalue weighted by atomic mass is 19.4. The van der Waals surface area contributed by atoms with Gasteiger partial charge in [0.15, 0.2) is 0 Å². The molecular weight excluding hydrogens is 551 g/mol. The molecule has 0 saturated carbocycles. The number of pyridine rings is 1. The molecule has 9 nitrogen and oxygen atoms in total. The number of amides is 2. The van der Waals surface area contributed by atoms with Crippen molar-refractivity contribution in [3.63, 3.8) is 0 Å². The number of methoxy groups -OCH3 is 1. The summed E-state index contributed by atoms with van der Waals surface area (Å²) in [6.07, 6.45) is -0.867. The number of alkyl halides is 3. The Labute approximate surface area is 242 Å². The minimum absolute atomic E-state index is 0.0218. The number of hydrogen-bond donors (Lipinski definition) is 0. The predicted molar refractivity (Wildman–Crippen MR) is 152 cm³/mol. The van der Waals surface area contributed by atoms with E-state index >= 15 is 0 Å². The largest absolute Gasteiger partial charge is 0.496 e. The molecule has 2 amide bonds. The summed E-state index contributed by atoms with van der Waals surface area (Å²) in [5.74, 6) is -0.453. The average Bonchev–Trinajstić information content (AvgIpc) is 3.30. The van der Waals surface area contributed by atoms with Crippen LogP contribution in [0.15, 0.2) is 36.7 Å². The molecule has 42 heavy (non-hydrogen) atoms. The average molecular weight is 588 g/mol. The van der Waals surface area contributed by atoms with Gasteiger partial charge in [0.2, 0.25) is 0 Å². The van der Waals surface area contributed by atoms with Crippen molar-refractivity contribution in [1.29, 1.82) is 0 Å². The first-order valence-corrected chi connectivity index (χ1v) is 13.9. The maximum atomic E-state index is 13.0. The Kier molecular flexibility index (Phi) is 7.31. The summed E-state index contributed by atoms with van der Waals surface area (Å²) in [6, 6.07) is 7.47. The summed E-state index contributed by atoms with van der Waals surface area (Å²) < 4.78 is 52.0. The zero-order valence-corrected chi connectivity index (χ0v) is 24.7. The molecular formula is C30H36F3N5O4. The van der Waals surface area contributed by atoms with Crippen LogP contribution < -0.4 is 9.64 Å². The van der Waals surface area contributed by atoms with E-state index in [2.05, 4.69) is 9.88 Å². The van der Waals surface area contributed by atoms with Crippen LogP contribution in [0.3, 0.4) is 0 Å². The molecule has 4 heterocycles. The first-order chi connectivity index (χ1) is 19.6. The van der Waals surface area contributed by atoms with E-state index in [-0.39, 0.29) is 30.4 Å². The van der Waals surface area contributed by atoms with Crippen LogP contribution in [-0.2, 0) is 11.2 Å². The molecule has 2 aromatic heterocycles. The molecule has 1 aromatic carbocycles. The third-order valence-electron chi connectivity index (χ3n) is 7.60. The number of rotatable bonds is 4. The van der Waals surface area contributed by atoms with Crippen LogP contribution in [0, 0.1) is 0 Å². The fourth-order valence-electron chi connectivity index (χ4n) is 5.72. The number of ether oxygens (including phenoxy) is 2. The second kappa shape index (κ2) is 10.4. The molecule has 3 aromatic rings. The highest BCUT2D eigenvalue weighted by Gasteiger charge is 2.40. The van der Waals surface area contributed by atoms with Crippen LogP contribution in [0.4, 0.5) is 23.7 Å². The minimum atomic E-state index is -4.48. The minimum Gasteiger partial charge on any atom is -0.496 e. The van der Waals surface area contributed by atoms with Gasteiger partial charge in [-0.3, -0.25) is 14.1 Å². The van der Waals surface area contributed by atoms with Gasteiger partial charge in [-0.15, -0.1) is 0 Å². The lowest BCUT2D eigenvalue weighted by molar-refractivity contribution is -0.141. The van der Waals surface area contributed by atoms with Gasteiger partial charge >= 0.3 is 12.3 Å². The quantitative estimate of drug-likeness (QED) is 0.407. The number of anilines is 1. The van der Waals surface area contributed by atoms with Crippen LogP contribution in [0.1, 0.15) is 50.5 Å². The third-order valence-corrected chi connectivity index (χ3v) is 7.60. The fourth-order valence-corrected chi connectivity index (χ4v) is 5.72. The Hall–Kier alpha value is -3.96. The third kappa shape index (κ3) is 5.84. The van der Waals surface area contributed by atoms with Crippen molar-refractivity contribution >= 4 is 23.3 Å². The standard InChI is InChI=1S/C30H36F3N5O4/c1-28(2,3)42-27(40)38-12-11-35(17-29(38,4)5)21-8-10-37-22(16-34-24(37)15-21)20-13-19-7-9-36(18-30(31,32)33)26(39)25(19)23(14-20)41-6/h8,10,13-16H,7,9,11-12,17-18H2,1-6H3. The van der Waals surface area contributed by atoms with Crippen molar-refractivity contribution in [3.05, 3.63) is 47.8 Å². The molecule has 2 aliphatic rings. The van der Waals surface area contributed by atoms with Crippen molar-refractivity contribution in [2.75, 3.05) is 44.7 Å². The maximum Gasteiger partial charge on any atom is 0.410 e. The first kappa shape index (κ1) is 29.5. The predicted octanol–water partition coefficient (Wildman–Crippen LogP) is 5.41. The Morgan fingerprint density at radius 1 is 1.10 bits per heavy atom. The Morgan fingerprint density at radius 2 is 1.83 bits per heavy atom. The second-order valence-electron chi connectivity index (χ2n) is 12.4. The van der Waals surface area contributed by atoms with Gasteiger partial charge in [-0.05, 0) is 64.8 Å². The monoisotopic (exact) mass is 587 g/mol. The van der Waals surface area contributed by atoms with Crippen LogP contribution >= 0.6 is 0 Å². The van der Waals surface area contributed by atoms with Gasteiger partial charge < -0.3 is 19.3 Å². The molecule has 0 bridgehead atoms. The lowest BCUT2D eigenvalue weighted by Gasteiger charge is -2.47. The summed E-state index contributed by atoms with van der Waals surface area (Å²) in [7, 11) is 1.40. The van der Waals surface area contributed by atoms with E-state index in [1.807, 2.05) is 63.4 Å². The number of aromatic nitrogens is 2. The highest BCUT2D eigenvalue weighted by molar-refractivity contribution is 6.00. The van der Waals surface area contributed by atoms with Gasteiger partial charge in [0.05, 0.1) is 30.1 Å². The molecule has 1 fully saturated rings. The fraction of sp³-hybridized carbons (Fsp3) is 0.500. The molecule has 1 saturated heterocycles. The van der Waals surface area contributed by atoms with Crippen LogP contribution in [0.25, 0.3) is 16.9 Å². The van der Waals surface area contributed by atoms with E-state index < -0.39 is 29.8 Å². The molecule has 0 N–H and O–H groups in total. The lowest BCUT2D eigenvalue weighted by atomic mass is 9.94. The van der Waals surface area contributed by atoms with E-state index in [4.69, 9.17) is 9.47 Å². The topological polar surface area (TPSA) is 79.6 Å². The van der Waals surface area contributed by atoms with E-state index in [1.165, 1.54) is 7.11 Å². The summed E-state index contributed by atoms with van der Waals surface area (Å²) in [5, 5.41) is 0. The van der Waals surface area contributed by atoms with Crippen molar-refractivity contribution in [2.45, 2.75) is 58.4 Å². The van der Waals surface area contributed by atoms with Gasteiger partial charge in [-0.25, -0.2) is 9.78 Å². The van der Waals surface area contributed by atoms with Gasteiger partial charge in [-0.2, -0.15) is 13.2 Å². The van der Waals surface area contributed by atoms with Crippen molar-refractivity contribution < 1.29 is 32.2 Å². The number of carbonyl (C=O) groups excluding carboxylic acids is 2. The van der Waals surface area contributed by atoms with Gasteiger partial charge in [0.1, 0.15) is 23.5 Å².